The van der Waals surface area contributed by atoms with Gasteiger partial charge in [-0.25, -0.2) is 5.43 Å². The summed E-state index contributed by atoms with van der Waals surface area (Å²) in [7, 11) is 0. The monoisotopic (exact) mass is 348 g/mol. The molecule has 1 amide bonds. The smallest absolute Gasteiger partial charge is 0.273 e. The van der Waals surface area contributed by atoms with Crippen LogP contribution in [0.1, 0.15) is 17.2 Å². The zero-order valence-electron chi connectivity index (χ0n) is 10.9. The fourth-order valence-corrected chi connectivity index (χ4v) is 2.02. The van der Waals surface area contributed by atoms with Gasteiger partial charge in [0.15, 0.2) is 6.10 Å². The second kappa shape index (κ2) is 7.01. The summed E-state index contributed by atoms with van der Waals surface area (Å²) in [4.78, 5) is 11.7. The number of phenols is 1. The summed E-state index contributed by atoms with van der Waals surface area (Å²) in [5, 5.41) is 23.2. The quantitative estimate of drug-likeness (QED) is 0.585. The van der Waals surface area contributed by atoms with Crippen LogP contribution < -0.4 is 5.43 Å². The van der Waals surface area contributed by atoms with E-state index in [4.69, 9.17) is 0 Å². The molecular formula is C15H13BrN2O3. The fourth-order valence-electron chi connectivity index (χ4n) is 1.64. The largest absolute Gasteiger partial charge is 0.507 e. The number of carbonyl (C=O) groups excluding carboxylic acids is 1. The minimum absolute atomic E-state index is 0.0415. The van der Waals surface area contributed by atoms with Gasteiger partial charge in [-0.1, -0.05) is 46.3 Å². The molecule has 0 radical (unpaired) electrons. The molecule has 0 aliphatic heterocycles. The van der Waals surface area contributed by atoms with Crippen LogP contribution in [0.2, 0.25) is 0 Å². The third-order valence-corrected chi connectivity index (χ3v) is 3.22. The molecule has 2 rings (SSSR count). The topological polar surface area (TPSA) is 81.9 Å². The minimum Gasteiger partial charge on any atom is -0.507 e. The molecule has 3 N–H and O–H groups in total. The van der Waals surface area contributed by atoms with Gasteiger partial charge in [0, 0.05) is 10.0 Å². The van der Waals surface area contributed by atoms with Crippen LogP contribution in [0.25, 0.3) is 0 Å². The molecule has 0 fully saturated rings. The number of nitrogens with zero attached hydrogens (tertiary/aromatic N) is 1. The van der Waals surface area contributed by atoms with Crippen LogP contribution in [0.15, 0.2) is 58.1 Å². The number of aliphatic hydroxyl groups excluding tert-OH is 1. The lowest BCUT2D eigenvalue weighted by molar-refractivity contribution is -0.129. The second-order valence-electron chi connectivity index (χ2n) is 4.25. The molecule has 0 bridgehead atoms. The van der Waals surface area contributed by atoms with Gasteiger partial charge in [-0.05, 0) is 23.8 Å². The number of benzene rings is 2. The average molecular weight is 349 g/mol. The van der Waals surface area contributed by atoms with Gasteiger partial charge < -0.3 is 10.2 Å². The SMILES string of the molecule is O=C(N/N=C\c1cc(Br)ccc1O)[C@H](O)c1ccccc1. The molecule has 21 heavy (non-hydrogen) atoms. The average Bonchev–Trinajstić information content (AvgIpc) is 2.50. The van der Waals surface area contributed by atoms with Gasteiger partial charge in [-0.3, -0.25) is 4.79 Å². The van der Waals surface area contributed by atoms with Crippen LogP contribution >= 0.6 is 15.9 Å². The Bertz CT molecular complexity index is 659. The van der Waals surface area contributed by atoms with Crippen molar-refractivity contribution < 1.29 is 15.0 Å². The van der Waals surface area contributed by atoms with Crippen molar-refractivity contribution in [2.45, 2.75) is 6.10 Å². The lowest BCUT2D eigenvalue weighted by Crippen LogP contribution is -2.25. The summed E-state index contributed by atoms with van der Waals surface area (Å²) in [6, 6.07) is 13.4. The molecular weight excluding hydrogens is 336 g/mol. The van der Waals surface area contributed by atoms with Crippen LogP contribution in [-0.2, 0) is 4.79 Å². The van der Waals surface area contributed by atoms with E-state index in [0.29, 0.717) is 11.1 Å². The molecule has 5 nitrogen and oxygen atoms in total. The van der Waals surface area contributed by atoms with Crippen molar-refractivity contribution in [2.75, 3.05) is 0 Å². The van der Waals surface area contributed by atoms with E-state index in [2.05, 4.69) is 26.5 Å². The lowest BCUT2D eigenvalue weighted by atomic mass is 10.1. The Kier molecular flexibility index (Phi) is 5.08. The fraction of sp³-hybridized carbons (Fsp3) is 0.0667. The summed E-state index contributed by atoms with van der Waals surface area (Å²) in [6.07, 6.45) is 0.00913. The maximum Gasteiger partial charge on any atom is 0.273 e. The van der Waals surface area contributed by atoms with Gasteiger partial charge in [0.1, 0.15) is 5.75 Å². The molecule has 0 saturated heterocycles. The van der Waals surface area contributed by atoms with Crippen LogP contribution in [0.4, 0.5) is 0 Å². The van der Waals surface area contributed by atoms with Crippen molar-refractivity contribution in [1.82, 2.24) is 5.43 Å². The molecule has 0 aliphatic rings. The van der Waals surface area contributed by atoms with Gasteiger partial charge in [0.05, 0.1) is 6.21 Å². The predicted molar refractivity (Wildman–Crippen MR) is 82.9 cm³/mol. The molecule has 0 spiro atoms. The molecule has 0 aromatic heterocycles. The maximum atomic E-state index is 11.7. The molecule has 0 unspecified atom stereocenters. The minimum atomic E-state index is -1.29. The van der Waals surface area contributed by atoms with E-state index in [9.17, 15) is 15.0 Å². The highest BCUT2D eigenvalue weighted by Crippen LogP contribution is 2.20. The van der Waals surface area contributed by atoms with Crippen LogP contribution in [0.3, 0.4) is 0 Å². The van der Waals surface area contributed by atoms with E-state index in [1.807, 2.05) is 0 Å². The van der Waals surface area contributed by atoms with Gasteiger partial charge >= 0.3 is 0 Å². The Morgan fingerprint density at radius 1 is 1.24 bits per heavy atom. The molecule has 6 heteroatoms. The van der Waals surface area contributed by atoms with Crippen LogP contribution in [-0.4, -0.2) is 22.3 Å². The number of halogens is 1. The van der Waals surface area contributed by atoms with Crippen molar-refractivity contribution in [3.05, 3.63) is 64.1 Å². The van der Waals surface area contributed by atoms with E-state index in [-0.39, 0.29) is 5.75 Å². The van der Waals surface area contributed by atoms with Gasteiger partial charge in [-0.2, -0.15) is 5.10 Å². The molecule has 1 atom stereocenters. The first-order valence-corrected chi connectivity index (χ1v) is 6.91. The zero-order chi connectivity index (χ0) is 15.2. The number of nitrogens with one attached hydrogen (secondary N) is 1. The molecule has 0 saturated carbocycles. The Labute approximate surface area is 130 Å². The molecule has 0 aliphatic carbocycles. The zero-order valence-corrected chi connectivity index (χ0v) is 12.5. The second-order valence-corrected chi connectivity index (χ2v) is 5.17. The molecule has 108 valence electrons. The van der Waals surface area contributed by atoms with Gasteiger partial charge in [-0.15, -0.1) is 0 Å². The number of hydrazone groups is 1. The van der Waals surface area contributed by atoms with Crippen molar-refractivity contribution in [3.8, 4) is 5.75 Å². The summed E-state index contributed by atoms with van der Waals surface area (Å²) < 4.78 is 0.775. The third kappa shape index (κ3) is 4.14. The lowest BCUT2D eigenvalue weighted by Gasteiger charge is -2.08. The molecule has 2 aromatic rings. The predicted octanol–water partition coefficient (Wildman–Crippen LogP) is 2.34. The normalized spacial score (nSPS) is 12.3. The van der Waals surface area contributed by atoms with Crippen LogP contribution in [0.5, 0.6) is 5.75 Å². The Morgan fingerprint density at radius 3 is 2.67 bits per heavy atom. The maximum absolute atomic E-state index is 11.7. The first-order valence-electron chi connectivity index (χ1n) is 6.12. The summed E-state index contributed by atoms with van der Waals surface area (Å²) in [5.74, 6) is -0.605. The standard InChI is InChI=1S/C15H13BrN2O3/c16-12-6-7-13(19)11(8-12)9-17-18-15(21)14(20)10-4-2-1-3-5-10/h1-9,14,19-20H,(H,18,21)/b17-9-/t14-/m1/s1. The van der Waals surface area contributed by atoms with Gasteiger partial charge in [0.2, 0.25) is 0 Å². The first kappa shape index (κ1) is 15.2. The highest BCUT2D eigenvalue weighted by Gasteiger charge is 2.15. The van der Waals surface area contributed by atoms with Crippen LogP contribution in [0, 0.1) is 0 Å². The molecule has 2 aromatic carbocycles. The number of rotatable bonds is 4. The highest BCUT2D eigenvalue weighted by molar-refractivity contribution is 9.10. The number of hydrogen-bond acceptors (Lipinski definition) is 4. The van der Waals surface area contributed by atoms with E-state index in [0.717, 1.165) is 4.47 Å². The molecule has 0 heterocycles. The van der Waals surface area contributed by atoms with E-state index < -0.39 is 12.0 Å². The third-order valence-electron chi connectivity index (χ3n) is 2.73. The Hall–Kier alpha value is -2.18. The van der Waals surface area contributed by atoms with Crippen molar-refractivity contribution in [1.29, 1.82) is 0 Å². The van der Waals surface area contributed by atoms with Crippen molar-refractivity contribution in [3.63, 3.8) is 0 Å². The van der Waals surface area contributed by atoms with Gasteiger partial charge in [0.25, 0.3) is 5.91 Å². The first-order chi connectivity index (χ1) is 10.1. The van der Waals surface area contributed by atoms with E-state index in [1.165, 1.54) is 12.3 Å². The van der Waals surface area contributed by atoms with E-state index >= 15 is 0 Å². The number of aliphatic hydroxyl groups is 1. The number of hydrogen-bond donors (Lipinski definition) is 3. The highest BCUT2D eigenvalue weighted by atomic mass is 79.9. The Balaban J connectivity index is 2.01. The summed E-state index contributed by atoms with van der Waals surface area (Å²) in [6.45, 7) is 0. The Morgan fingerprint density at radius 2 is 1.95 bits per heavy atom. The van der Waals surface area contributed by atoms with Crippen molar-refractivity contribution >= 4 is 28.1 Å². The number of amides is 1. The van der Waals surface area contributed by atoms with Crippen molar-refractivity contribution in [2.24, 2.45) is 5.10 Å². The number of carbonyl (C=O) groups is 1. The summed E-state index contributed by atoms with van der Waals surface area (Å²) >= 11 is 3.27. The van der Waals surface area contributed by atoms with E-state index in [1.54, 1.807) is 42.5 Å². The number of phenolic OH excluding ortho intramolecular Hbond substituents is 1. The number of aromatic hydroxyl groups is 1. The summed E-state index contributed by atoms with van der Waals surface area (Å²) in [5.41, 5.74) is 3.16.